The normalized spacial score (nSPS) is 10.8. The van der Waals surface area contributed by atoms with Gasteiger partial charge < -0.3 is 0 Å². The average Bonchev–Trinajstić information content (AvgIpc) is 2.18. The predicted molar refractivity (Wildman–Crippen MR) is 69.4 cm³/mol. The van der Waals surface area contributed by atoms with Crippen molar-refractivity contribution in [3.63, 3.8) is 0 Å². The Bertz CT molecular complexity index is 377. The topological polar surface area (TPSA) is 12.4 Å². The molecule has 0 amide bonds. The third-order valence-corrected chi connectivity index (χ3v) is 2.73. The molecule has 0 radical (unpaired) electrons. The van der Waals surface area contributed by atoms with Crippen LogP contribution in [-0.4, -0.2) is 4.22 Å². The number of aliphatic imine (C=N–C) groups is 1. The molecule has 0 bridgehead atoms. The highest BCUT2D eigenvalue weighted by Gasteiger charge is 2.09. The first-order chi connectivity index (χ1) is 6.70. The lowest BCUT2D eigenvalue weighted by atomic mass is 10.2. The van der Waals surface area contributed by atoms with Crippen LogP contribution in [0.4, 0.5) is 10.1 Å². The summed E-state index contributed by atoms with van der Waals surface area (Å²) in [6.45, 7) is 5.31. The van der Waals surface area contributed by atoms with Crippen molar-refractivity contribution in [2.24, 2.45) is 4.99 Å². The predicted octanol–water partition coefficient (Wildman–Crippen LogP) is 4.46. The summed E-state index contributed by atoms with van der Waals surface area (Å²) in [5.41, 5.74) is 1.27. The summed E-state index contributed by atoms with van der Waals surface area (Å²) in [6, 6.07) is 3.53. The molecule has 0 heterocycles. The van der Waals surface area contributed by atoms with Gasteiger partial charge in [-0.3, -0.25) is 0 Å². The molecule has 0 aliphatic heterocycles. The highest BCUT2D eigenvalue weighted by Crippen LogP contribution is 2.34. The van der Waals surface area contributed by atoms with Crippen molar-refractivity contribution in [1.82, 2.24) is 0 Å². The smallest absolute Gasteiger partial charge is 0.142 e. The maximum Gasteiger partial charge on any atom is 0.142 e. The zero-order valence-electron chi connectivity index (χ0n) is 7.63. The molecular weight excluding hydrogens is 312 g/mol. The molecule has 0 aliphatic carbocycles. The molecule has 1 rings (SSSR count). The Labute approximate surface area is 101 Å². The van der Waals surface area contributed by atoms with E-state index in [-0.39, 0.29) is 5.82 Å². The van der Waals surface area contributed by atoms with Gasteiger partial charge in [-0.05, 0) is 46.6 Å². The van der Waals surface area contributed by atoms with Crippen molar-refractivity contribution in [2.75, 3.05) is 0 Å². The van der Waals surface area contributed by atoms with Crippen molar-refractivity contribution in [3.8, 4) is 0 Å². The van der Waals surface area contributed by atoms with Crippen molar-refractivity contribution < 1.29 is 4.39 Å². The third-order valence-electron chi connectivity index (χ3n) is 1.66. The Kier molecular flexibility index (Phi) is 4.60. The Morgan fingerprint density at radius 2 is 2.29 bits per heavy atom. The summed E-state index contributed by atoms with van der Waals surface area (Å²) < 4.78 is 15.2. The van der Waals surface area contributed by atoms with Crippen molar-refractivity contribution in [2.45, 2.75) is 11.8 Å². The van der Waals surface area contributed by atoms with E-state index in [1.807, 2.05) is 22.6 Å². The molecule has 4 heteroatoms. The van der Waals surface area contributed by atoms with Crippen LogP contribution in [0.25, 0.3) is 0 Å². The zero-order chi connectivity index (χ0) is 10.6. The summed E-state index contributed by atoms with van der Waals surface area (Å²) in [6.07, 6.45) is 0. The van der Waals surface area contributed by atoms with Gasteiger partial charge in [-0.25, -0.2) is 9.38 Å². The van der Waals surface area contributed by atoms with E-state index in [0.717, 1.165) is 0 Å². The second-order valence-corrected chi connectivity index (χ2v) is 4.09. The Morgan fingerprint density at radius 1 is 1.57 bits per heavy atom. The minimum atomic E-state index is -0.214. The van der Waals surface area contributed by atoms with Crippen LogP contribution in [-0.2, 0) is 0 Å². The molecule has 14 heavy (non-hydrogen) atoms. The van der Waals surface area contributed by atoms with E-state index in [1.54, 1.807) is 28.7 Å². The van der Waals surface area contributed by atoms with Crippen LogP contribution in [0.2, 0.25) is 0 Å². The second-order valence-electron chi connectivity index (χ2n) is 2.56. The molecule has 0 saturated carbocycles. The molecule has 1 nitrogen and oxygen atoms in total. The van der Waals surface area contributed by atoms with Crippen molar-refractivity contribution in [1.29, 1.82) is 0 Å². The fraction of sp³-hybridized carbons (Fsp3) is 0.100. The van der Waals surface area contributed by atoms with Gasteiger partial charge in [0.25, 0.3) is 0 Å². The van der Waals surface area contributed by atoms with Crippen LogP contribution in [0.1, 0.15) is 5.56 Å². The van der Waals surface area contributed by atoms with Gasteiger partial charge in [0.05, 0.1) is 14.8 Å². The number of nitrogens with zero attached hydrogens (tertiary/aromatic N) is 1. The summed E-state index contributed by atoms with van der Waals surface area (Å²) in [4.78, 5) is 4.62. The van der Waals surface area contributed by atoms with Gasteiger partial charge >= 0.3 is 0 Å². The number of thioether (sulfide) groups is 1. The minimum absolute atomic E-state index is 0.214. The monoisotopic (exact) mass is 321 g/mol. The third kappa shape index (κ3) is 2.57. The second kappa shape index (κ2) is 5.50. The minimum Gasteiger partial charge on any atom is -0.249 e. The largest absolute Gasteiger partial charge is 0.249 e. The van der Waals surface area contributed by atoms with E-state index in [0.29, 0.717) is 16.1 Å². The van der Waals surface area contributed by atoms with Crippen molar-refractivity contribution in [3.05, 3.63) is 35.5 Å². The highest BCUT2D eigenvalue weighted by molar-refractivity contribution is 14.1. The molecule has 0 unspecified atom stereocenters. The van der Waals surface area contributed by atoms with Gasteiger partial charge in [0.1, 0.15) is 5.82 Å². The standard InChI is InChI=1S/C10H9FINS/c1-3-14-10-8(13-6-12)5-4-7(2)9(10)11/h3-6H,1H2,2H3/b13-6+. The van der Waals surface area contributed by atoms with Gasteiger partial charge in [0.2, 0.25) is 0 Å². The summed E-state index contributed by atoms with van der Waals surface area (Å²) in [5, 5.41) is 1.60. The molecule has 1 aromatic carbocycles. The Balaban J connectivity index is 3.28. The van der Waals surface area contributed by atoms with Gasteiger partial charge in [-0.1, -0.05) is 24.4 Å². The molecule has 1 aromatic rings. The first-order valence-electron chi connectivity index (χ1n) is 3.90. The quantitative estimate of drug-likeness (QED) is 0.455. The van der Waals surface area contributed by atoms with Crippen LogP contribution in [0.3, 0.4) is 0 Å². The average molecular weight is 321 g/mol. The summed E-state index contributed by atoms with van der Waals surface area (Å²) >= 11 is 3.26. The maximum atomic E-state index is 13.6. The van der Waals surface area contributed by atoms with E-state index in [2.05, 4.69) is 11.6 Å². The van der Waals surface area contributed by atoms with Gasteiger partial charge in [-0.2, -0.15) is 0 Å². The lowest BCUT2D eigenvalue weighted by Gasteiger charge is -2.05. The molecule has 0 fully saturated rings. The first-order valence-corrected chi connectivity index (χ1v) is 6.02. The van der Waals surface area contributed by atoms with Gasteiger partial charge in [0, 0.05) is 0 Å². The molecule has 0 spiro atoms. The van der Waals surface area contributed by atoms with E-state index in [9.17, 15) is 4.39 Å². The number of benzene rings is 1. The summed E-state index contributed by atoms with van der Waals surface area (Å²) in [5.74, 6) is -0.214. The van der Waals surface area contributed by atoms with Crippen LogP contribution in [0.15, 0.2) is 34.0 Å². The lowest BCUT2D eigenvalue weighted by molar-refractivity contribution is 0.594. The van der Waals surface area contributed by atoms with Crippen LogP contribution < -0.4 is 0 Å². The molecule has 0 aliphatic rings. The number of aryl methyl sites for hydroxylation is 1. The van der Waals surface area contributed by atoms with Crippen LogP contribution in [0.5, 0.6) is 0 Å². The fourth-order valence-electron chi connectivity index (χ4n) is 0.994. The summed E-state index contributed by atoms with van der Waals surface area (Å²) in [7, 11) is 0. The van der Waals surface area contributed by atoms with Crippen molar-refractivity contribution >= 4 is 44.3 Å². The molecule has 0 N–H and O–H groups in total. The fourth-order valence-corrected chi connectivity index (χ4v) is 1.97. The molecule has 74 valence electrons. The lowest BCUT2D eigenvalue weighted by Crippen LogP contribution is -1.86. The Morgan fingerprint density at radius 3 is 2.86 bits per heavy atom. The number of hydrogen-bond donors (Lipinski definition) is 0. The Hall–Kier alpha value is -0.360. The molecular formula is C10H9FINS. The maximum absolute atomic E-state index is 13.6. The van der Waals surface area contributed by atoms with E-state index in [1.165, 1.54) is 11.8 Å². The number of hydrogen-bond acceptors (Lipinski definition) is 2. The molecule has 0 aromatic heterocycles. The first kappa shape index (κ1) is 11.7. The zero-order valence-corrected chi connectivity index (χ0v) is 10.6. The van der Waals surface area contributed by atoms with Crippen LogP contribution in [0, 0.1) is 12.7 Å². The van der Waals surface area contributed by atoms with E-state index in [4.69, 9.17) is 0 Å². The molecule has 0 atom stereocenters. The SMILES string of the molecule is C=CSc1c(/N=C/I)ccc(C)c1F. The van der Waals surface area contributed by atoms with Gasteiger partial charge in [0.15, 0.2) is 0 Å². The van der Waals surface area contributed by atoms with E-state index >= 15 is 0 Å². The van der Waals surface area contributed by atoms with Crippen LogP contribution >= 0.6 is 34.4 Å². The highest BCUT2D eigenvalue weighted by atomic mass is 127. The molecule has 0 saturated heterocycles. The number of rotatable bonds is 3. The number of halogens is 2. The van der Waals surface area contributed by atoms with E-state index < -0.39 is 0 Å². The van der Waals surface area contributed by atoms with Gasteiger partial charge in [-0.15, -0.1) is 0 Å².